The maximum Gasteiger partial charge on any atom is 0.237 e. The lowest BCUT2D eigenvalue weighted by Gasteiger charge is -2.37. The number of carbonyl (C=O) groups excluding carboxylic acids is 1. The Kier molecular flexibility index (Phi) is 4.35. The summed E-state index contributed by atoms with van der Waals surface area (Å²) in [6, 6.07) is 0. The summed E-state index contributed by atoms with van der Waals surface area (Å²) < 4.78 is 0. The van der Waals surface area contributed by atoms with E-state index in [1.165, 1.54) is 5.70 Å². The van der Waals surface area contributed by atoms with Gasteiger partial charge in [0.2, 0.25) is 5.91 Å². The molecule has 2 rings (SSSR count). The fourth-order valence-electron chi connectivity index (χ4n) is 2.19. The van der Waals surface area contributed by atoms with E-state index in [0.717, 1.165) is 44.1 Å². The summed E-state index contributed by atoms with van der Waals surface area (Å²) in [5.41, 5.74) is 1.33. The highest BCUT2D eigenvalue weighted by Gasteiger charge is 2.22. The third-order valence-electron chi connectivity index (χ3n) is 3.23. The summed E-state index contributed by atoms with van der Waals surface area (Å²) in [4.78, 5) is 15.6. The van der Waals surface area contributed by atoms with Crippen LogP contribution in [-0.2, 0) is 4.79 Å². The van der Waals surface area contributed by atoms with E-state index >= 15 is 0 Å². The van der Waals surface area contributed by atoms with Crippen LogP contribution in [0.4, 0.5) is 0 Å². The minimum atomic E-state index is 0.0341. The molecule has 1 heterocycles. The number of allylic oxidation sites excluding steroid dienone is 4. The maximum absolute atomic E-state index is 11.4. The van der Waals surface area contributed by atoms with E-state index in [2.05, 4.69) is 11.0 Å². The van der Waals surface area contributed by atoms with Gasteiger partial charge in [0.05, 0.1) is 0 Å². The van der Waals surface area contributed by atoms with E-state index < -0.39 is 0 Å². The molecule has 1 aliphatic heterocycles. The number of rotatable bonds is 2. The Hall–Kier alpha value is -0.670. The molecule has 1 amide bonds. The Morgan fingerprint density at radius 2 is 1.88 bits per heavy atom. The SMILES string of the molecule is O=C(CCl)N1CCN(C2=CC=C(Cl)CC2)CC1. The lowest BCUT2D eigenvalue weighted by molar-refractivity contribution is -0.129. The van der Waals surface area contributed by atoms with Crippen molar-refractivity contribution in [3.05, 3.63) is 22.9 Å². The van der Waals surface area contributed by atoms with Gasteiger partial charge in [-0.25, -0.2) is 0 Å². The minimum absolute atomic E-state index is 0.0341. The molecule has 3 nitrogen and oxygen atoms in total. The molecule has 0 N–H and O–H groups in total. The van der Waals surface area contributed by atoms with Crippen LogP contribution in [-0.4, -0.2) is 47.8 Å². The monoisotopic (exact) mass is 274 g/mol. The second kappa shape index (κ2) is 5.78. The van der Waals surface area contributed by atoms with Crippen LogP contribution >= 0.6 is 23.2 Å². The molecule has 2 aliphatic rings. The first-order chi connectivity index (χ1) is 8.20. The summed E-state index contributed by atoms with van der Waals surface area (Å²) >= 11 is 11.5. The van der Waals surface area contributed by atoms with Crippen molar-refractivity contribution in [3.63, 3.8) is 0 Å². The van der Waals surface area contributed by atoms with E-state index in [-0.39, 0.29) is 11.8 Å². The lowest BCUT2D eigenvalue weighted by atomic mass is 10.1. The van der Waals surface area contributed by atoms with Gasteiger partial charge in [0.15, 0.2) is 0 Å². The summed E-state index contributed by atoms with van der Waals surface area (Å²) in [5.74, 6) is 0.119. The second-order valence-corrected chi connectivity index (χ2v) is 5.03. The molecule has 0 bridgehead atoms. The Morgan fingerprint density at radius 1 is 1.18 bits per heavy atom. The number of halogens is 2. The van der Waals surface area contributed by atoms with E-state index in [1.54, 1.807) is 0 Å². The zero-order valence-corrected chi connectivity index (χ0v) is 11.2. The molecule has 0 aromatic carbocycles. The van der Waals surface area contributed by atoms with Gasteiger partial charge in [-0.15, -0.1) is 11.6 Å². The van der Waals surface area contributed by atoms with Crippen molar-refractivity contribution in [2.75, 3.05) is 32.1 Å². The molecule has 1 fully saturated rings. The maximum atomic E-state index is 11.4. The number of hydrogen-bond acceptors (Lipinski definition) is 2. The first-order valence-corrected chi connectivity index (χ1v) is 6.76. The number of nitrogens with zero attached hydrogens (tertiary/aromatic N) is 2. The van der Waals surface area contributed by atoms with Crippen LogP contribution in [0.2, 0.25) is 0 Å². The van der Waals surface area contributed by atoms with Gasteiger partial charge in [-0.3, -0.25) is 4.79 Å². The Labute approximate surface area is 112 Å². The van der Waals surface area contributed by atoms with Crippen LogP contribution in [0.3, 0.4) is 0 Å². The number of hydrogen-bond donors (Lipinski definition) is 0. The molecule has 94 valence electrons. The van der Waals surface area contributed by atoms with Crippen molar-refractivity contribution >= 4 is 29.1 Å². The highest BCUT2D eigenvalue weighted by Crippen LogP contribution is 2.24. The van der Waals surface area contributed by atoms with Crippen LogP contribution in [0.1, 0.15) is 12.8 Å². The van der Waals surface area contributed by atoms with Crippen molar-refractivity contribution in [1.82, 2.24) is 9.80 Å². The van der Waals surface area contributed by atoms with Crippen LogP contribution in [0.15, 0.2) is 22.9 Å². The number of amides is 1. The lowest BCUT2D eigenvalue weighted by Crippen LogP contribution is -2.48. The van der Waals surface area contributed by atoms with Crippen molar-refractivity contribution in [1.29, 1.82) is 0 Å². The first-order valence-electron chi connectivity index (χ1n) is 5.84. The third kappa shape index (κ3) is 3.17. The van der Waals surface area contributed by atoms with Gasteiger partial charge in [-0.2, -0.15) is 0 Å². The first kappa shape index (κ1) is 12.8. The third-order valence-corrected chi connectivity index (χ3v) is 3.77. The van der Waals surface area contributed by atoms with Gasteiger partial charge >= 0.3 is 0 Å². The average molecular weight is 275 g/mol. The molecule has 0 aromatic heterocycles. The van der Waals surface area contributed by atoms with Crippen molar-refractivity contribution < 1.29 is 4.79 Å². The second-order valence-electron chi connectivity index (χ2n) is 4.27. The fourth-order valence-corrected chi connectivity index (χ4v) is 2.52. The number of piperazine rings is 1. The Bertz CT molecular complexity index is 358. The number of carbonyl (C=O) groups is 1. The molecule has 0 radical (unpaired) electrons. The molecule has 5 heteroatoms. The predicted molar refractivity (Wildman–Crippen MR) is 70.1 cm³/mol. The molecular weight excluding hydrogens is 259 g/mol. The molecule has 17 heavy (non-hydrogen) atoms. The fraction of sp³-hybridized carbons (Fsp3) is 0.583. The highest BCUT2D eigenvalue weighted by atomic mass is 35.5. The zero-order valence-electron chi connectivity index (χ0n) is 9.66. The summed E-state index contributed by atoms with van der Waals surface area (Å²) in [5, 5.41) is 0.921. The smallest absolute Gasteiger partial charge is 0.237 e. The quantitative estimate of drug-likeness (QED) is 0.721. The molecule has 0 saturated carbocycles. The molecule has 1 saturated heterocycles. The molecule has 0 atom stereocenters. The summed E-state index contributed by atoms with van der Waals surface area (Å²) in [6.45, 7) is 3.31. The van der Waals surface area contributed by atoms with Gasteiger partial charge in [0.25, 0.3) is 0 Å². The minimum Gasteiger partial charge on any atom is -0.371 e. The van der Waals surface area contributed by atoms with Gasteiger partial charge in [0, 0.05) is 36.9 Å². The van der Waals surface area contributed by atoms with Crippen molar-refractivity contribution in [2.24, 2.45) is 0 Å². The standard InChI is InChI=1S/C12H16Cl2N2O/c13-9-12(17)16-7-5-15(6-8-16)11-3-1-10(14)2-4-11/h1,3H,2,4-9H2. The highest BCUT2D eigenvalue weighted by molar-refractivity contribution is 6.29. The molecule has 0 unspecified atom stereocenters. The van der Waals surface area contributed by atoms with E-state index in [4.69, 9.17) is 23.2 Å². The topological polar surface area (TPSA) is 23.6 Å². The largest absolute Gasteiger partial charge is 0.371 e. The predicted octanol–water partition coefficient (Wildman–Crippen LogP) is 2.17. The summed E-state index contributed by atoms with van der Waals surface area (Å²) in [6.07, 6.45) is 5.98. The van der Waals surface area contributed by atoms with Crippen LogP contribution < -0.4 is 0 Å². The van der Waals surface area contributed by atoms with Crippen LogP contribution in [0.25, 0.3) is 0 Å². The Balaban J connectivity index is 1.89. The van der Waals surface area contributed by atoms with E-state index in [0.29, 0.717) is 0 Å². The summed E-state index contributed by atoms with van der Waals surface area (Å²) in [7, 11) is 0. The van der Waals surface area contributed by atoms with E-state index in [9.17, 15) is 4.79 Å². The number of alkyl halides is 1. The molecule has 0 aromatic rings. The van der Waals surface area contributed by atoms with Crippen LogP contribution in [0, 0.1) is 0 Å². The molecule has 0 spiro atoms. The van der Waals surface area contributed by atoms with Gasteiger partial charge in [0.1, 0.15) is 5.88 Å². The van der Waals surface area contributed by atoms with Crippen LogP contribution in [0.5, 0.6) is 0 Å². The van der Waals surface area contributed by atoms with Gasteiger partial charge in [-0.05, 0) is 25.0 Å². The van der Waals surface area contributed by atoms with Crippen molar-refractivity contribution in [2.45, 2.75) is 12.8 Å². The molecule has 1 aliphatic carbocycles. The normalized spacial score (nSPS) is 21.1. The zero-order chi connectivity index (χ0) is 12.3. The molecular formula is C12H16Cl2N2O. The van der Waals surface area contributed by atoms with E-state index in [1.807, 2.05) is 11.0 Å². The Morgan fingerprint density at radius 3 is 2.41 bits per heavy atom. The van der Waals surface area contributed by atoms with Gasteiger partial charge in [-0.1, -0.05) is 11.6 Å². The van der Waals surface area contributed by atoms with Gasteiger partial charge < -0.3 is 9.80 Å². The van der Waals surface area contributed by atoms with Crippen molar-refractivity contribution in [3.8, 4) is 0 Å². The average Bonchev–Trinajstić information content (AvgIpc) is 2.39.